The van der Waals surface area contributed by atoms with E-state index in [1.54, 1.807) is 30.7 Å². The summed E-state index contributed by atoms with van der Waals surface area (Å²) in [6.45, 7) is 2.45. The lowest BCUT2D eigenvalue weighted by molar-refractivity contribution is 0.0946. The van der Waals surface area contributed by atoms with Gasteiger partial charge in [0.05, 0.1) is 25.0 Å². The lowest BCUT2D eigenvalue weighted by Gasteiger charge is -2.29. The SMILES string of the molecule is COc1ncccc1C(=O)NCc1nccnc1C1CCN(C)CC1. The maximum Gasteiger partial charge on any atom is 0.257 e. The number of nitrogens with one attached hydrogen (secondary N) is 1. The summed E-state index contributed by atoms with van der Waals surface area (Å²) < 4.78 is 5.14. The lowest BCUT2D eigenvalue weighted by Crippen LogP contribution is -2.31. The van der Waals surface area contributed by atoms with Gasteiger partial charge >= 0.3 is 0 Å². The zero-order chi connectivity index (χ0) is 17.6. The maximum absolute atomic E-state index is 12.4. The highest BCUT2D eigenvalue weighted by molar-refractivity contribution is 5.96. The van der Waals surface area contributed by atoms with Gasteiger partial charge in [-0.05, 0) is 45.1 Å². The molecule has 1 saturated heterocycles. The topological polar surface area (TPSA) is 80.2 Å². The highest BCUT2D eigenvalue weighted by Crippen LogP contribution is 2.27. The van der Waals surface area contributed by atoms with E-state index >= 15 is 0 Å². The molecule has 0 radical (unpaired) electrons. The molecule has 7 heteroatoms. The van der Waals surface area contributed by atoms with Crippen LogP contribution in [0.5, 0.6) is 5.88 Å². The highest BCUT2D eigenvalue weighted by atomic mass is 16.5. The van der Waals surface area contributed by atoms with Gasteiger partial charge < -0.3 is 15.0 Å². The second-order valence-electron chi connectivity index (χ2n) is 6.21. The van der Waals surface area contributed by atoms with E-state index in [-0.39, 0.29) is 5.91 Å². The van der Waals surface area contributed by atoms with Crippen LogP contribution in [0.1, 0.15) is 40.5 Å². The van der Waals surface area contributed by atoms with Crippen molar-refractivity contribution in [2.75, 3.05) is 27.2 Å². The Balaban J connectivity index is 1.70. The Kier molecular flexibility index (Phi) is 5.55. The van der Waals surface area contributed by atoms with Crippen LogP contribution in [-0.4, -0.2) is 53.0 Å². The number of amides is 1. The van der Waals surface area contributed by atoms with Crippen LogP contribution in [0, 0.1) is 0 Å². The lowest BCUT2D eigenvalue weighted by atomic mass is 9.92. The summed E-state index contributed by atoms with van der Waals surface area (Å²) >= 11 is 0. The number of pyridine rings is 1. The summed E-state index contributed by atoms with van der Waals surface area (Å²) in [6.07, 6.45) is 7.11. The number of carbonyl (C=O) groups is 1. The molecule has 1 amide bonds. The number of hydrogen-bond acceptors (Lipinski definition) is 6. The van der Waals surface area contributed by atoms with Crippen molar-refractivity contribution in [3.63, 3.8) is 0 Å². The third-order valence-electron chi connectivity index (χ3n) is 4.54. The number of aromatic nitrogens is 3. The van der Waals surface area contributed by atoms with E-state index in [1.807, 2.05) is 0 Å². The molecule has 0 atom stereocenters. The van der Waals surface area contributed by atoms with Crippen LogP contribution in [-0.2, 0) is 6.54 Å². The maximum atomic E-state index is 12.4. The Bertz CT molecular complexity index is 729. The molecular formula is C18H23N5O2. The van der Waals surface area contributed by atoms with Crippen molar-refractivity contribution in [2.24, 2.45) is 0 Å². The summed E-state index contributed by atoms with van der Waals surface area (Å²) in [5.41, 5.74) is 2.23. The largest absolute Gasteiger partial charge is 0.480 e. The second kappa shape index (κ2) is 8.02. The second-order valence-corrected chi connectivity index (χ2v) is 6.21. The van der Waals surface area contributed by atoms with Gasteiger partial charge in [0.25, 0.3) is 5.91 Å². The van der Waals surface area contributed by atoms with Crippen molar-refractivity contribution in [2.45, 2.75) is 25.3 Å². The molecule has 1 aliphatic rings. The van der Waals surface area contributed by atoms with Crippen LogP contribution in [0.4, 0.5) is 0 Å². The molecule has 132 valence electrons. The molecule has 1 aliphatic heterocycles. The molecule has 0 unspecified atom stereocenters. The fourth-order valence-electron chi connectivity index (χ4n) is 3.12. The molecular weight excluding hydrogens is 318 g/mol. The Morgan fingerprint density at radius 1 is 1.24 bits per heavy atom. The fraction of sp³-hybridized carbons (Fsp3) is 0.444. The minimum absolute atomic E-state index is 0.232. The van der Waals surface area contributed by atoms with Crippen LogP contribution >= 0.6 is 0 Å². The Labute approximate surface area is 147 Å². The van der Waals surface area contributed by atoms with Gasteiger partial charge in [-0.3, -0.25) is 14.8 Å². The van der Waals surface area contributed by atoms with Crippen LogP contribution < -0.4 is 10.1 Å². The van der Waals surface area contributed by atoms with Gasteiger partial charge in [0.15, 0.2) is 0 Å². The van der Waals surface area contributed by atoms with Gasteiger partial charge in [-0.2, -0.15) is 0 Å². The van der Waals surface area contributed by atoms with E-state index in [0.717, 1.165) is 37.3 Å². The van der Waals surface area contributed by atoms with Crippen molar-refractivity contribution in [1.29, 1.82) is 0 Å². The molecule has 0 aromatic carbocycles. The number of carbonyl (C=O) groups excluding carboxylic acids is 1. The van der Waals surface area contributed by atoms with Crippen LogP contribution in [0.3, 0.4) is 0 Å². The molecule has 0 aliphatic carbocycles. The van der Waals surface area contributed by atoms with Gasteiger partial charge in [-0.1, -0.05) is 0 Å². The van der Waals surface area contributed by atoms with Gasteiger partial charge in [-0.25, -0.2) is 4.98 Å². The molecule has 7 nitrogen and oxygen atoms in total. The number of ether oxygens (including phenoxy) is 1. The normalized spacial score (nSPS) is 15.8. The van der Waals surface area contributed by atoms with Gasteiger partial charge in [-0.15, -0.1) is 0 Å². The molecule has 3 rings (SSSR count). The van der Waals surface area contributed by atoms with Gasteiger partial charge in [0.2, 0.25) is 5.88 Å². The third-order valence-corrected chi connectivity index (χ3v) is 4.54. The van der Waals surface area contributed by atoms with Gasteiger partial charge in [0.1, 0.15) is 5.56 Å². The van der Waals surface area contributed by atoms with E-state index in [4.69, 9.17) is 4.74 Å². The summed E-state index contributed by atoms with van der Waals surface area (Å²) in [5.74, 6) is 0.476. The van der Waals surface area contributed by atoms with Gasteiger partial charge in [0, 0.05) is 24.5 Å². The first kappa shape index (κ1) is 17.3. The van der Waals surface area contributed by atoms with E-state index in [2.05, 4.69) is 32.2 Å². The first-order chi connectivity index (χ1) is 12.2. The van der Waals surface area contributed by atoms with Crippen molar-refractivity contribution >= 4 is 5.91 Å². The van der Waals surface area contributed by atoms with E-state index in [0.29, 0.717) is 23.9 Å². The average Bonchev–Trinajstić information content (AvgIpc) is 2.67. The molecule has 0 spiro atoms. The van der Waals surface area contributed by atoms with E-state index < -0.39 is 0 Å². The third kappa shape index (κ3) is 4.11. The monoisotopic (exact) mass is 341 g/mol. The van der Waals surface area contributed by atoms with Crippen molar-refractivity contribution < 1.29 is 9.53 Å². The standard InChI is InChI=1S/C18H23N5O2/c1-23-10-5-13(6-11-23)16-15(19-8-9-20-16)12-22-17(24)14-4-3-7-21-18(14)25-2/h3-4,7-9,13H,5-6,10-12H2,1-2H3,(H,22,24). The zero-order valence-corrected chi connectivity index (χ0v) is 14.6. The predicted octanol–water partition coefficient (Wildman–Crippen LogP) is 1.62. The smallest absolute Gasteiger partial charge is 0.257 e. The zero-order valence-electron chi connectivity index (χ0n) is 14.6. The molecule has 2 aromatic heterocycles. The molecule has 0 bridgehead atoms. The van der Waals surface area contributed by atoms with E-state index in [1.165, 1.54) is 7.11 Å². The number of likely N-dealkylation sites (tertiary alicyclic amines) is 1. The predicted molar refractivity (Wildman–Crippen MR) is 93.5 cm³/mol. The molecule has 1 fully saturated rings. The number of rotatable bonds is 5. The summed E-state index contributed by atoms with van der Waals surface area (Å²) in [7, 11) is 3.63. The average molecular weight is 341 g/mol. The van der Waals surface area contributed by atoms with Crippen LogP contribution in [0.15, 0.2) is 30.7 Å². The molecule has 25 heavy (non-hydrogen) atoms. The first-order valence-corrected chi connectivity index (χ1v) is 8.44. The number of methoxy groups -OCH3 is 1. The number of piperidine rings is 1. The van der Waals surface area contributed by atoms with E-state index in [9.17, 15) is 4.79 Å². The fourth-order valence-corrected chi connectivity index (χ4v) is 3.12. The number of nitrogens with zero attached hydrogens (tertiary/aromatic N) is 4. The number of hydrogen-bond donors (Lipinski definition) is 1. The minimum Gasteiger partial charge on any atom is -0.480 e. The molecule has 2 aromatic rings. The summed E-state index contributed by atoms with van der Waals surface area (Å²) in [5, 5.41) is 2.91. The minimum atomic E-state index is -0.232. The Morgan fingerprint density at radius 3 is 2.76 bits per heavy atom. The Hall–Kier alpha value is -2.54. The van der Waals surface area contributed by atoms with Crippen molar-refractivity contribution in [3.05, 3.63) is 47.7 Å². The quantitative estimate of drug-likeness (QED) is 0.890. The highest BCUT2D eigenvalue weighted by Gasteiger charge is 2.23. The molecule has 1 N–H and O–H groups in total. The first-order valence-electron chi connectivity index (χ1n) is 8.44. The molecule has 3 heterocycles. The summed E-state index contributed by atoms with van der Waals surface area (Å²) in [4.78, 5) is 27.8. The van der Waals surface area contributed by atoms with Crippen molar-refractivity contribution in [3.8, 4) is 5.88 Å². The summed E-state index contributed by atoms with van der Waals surface area (Å²) in [6, 6.07) is 3.40. The van der Waals surface area contributed by atoms with Crippen LogP contribution in [0.2, 0.25) is 0 Å². The van der Waals surface area contributed by atoms with Crippen molar-refractivity contribution in [1.82, 2.24) is 25.2 Å². The molecule has 0 saturated carbocycles. The Morgan fingerprint density at radius 2 is 2.00 bits per heavy atom. The van der Waals surface area contributed by atoms with Crippen LogP contribution in [0.25, 0.3) is 0 Å².